The zero-order valence-electron chi connectivity index (χ0n) is 16.9. The molecule has 2 aliphatic rings. The highest BCUT2D eigenvalue weighted by Crippen LogP contribution is 2.48. The number of carbonyl (C=O) groups excluding carboxylic acids is 1. The third kappa shape index (κ3) is 4.58. The molecule has 5 nitrogen and oxygen atoms in total. The number of carbonyl (C=O) groups is 2. The van der Waals surface area contributed by atoms with Crippen molar-refractivity contribution < 1.29 is 27.9 Å². The third-order valence-corrected chi connectivity index (χ3v) is 6.20. The van der Waals surface area contributed by atoms with E-state index in [9.17, 15) is 22.8 Å². The number of likely N-dealkylation sites (tertiary alicyclic amines) is 1. The minimum Gasteiger partial charge on any atom is -0.478 e. The normalized spacial score (nSPS) is 23.8. The molecule has 2 aromatic carbocycles. The number of nitrogens with zero attached hydrogens (tertiary/aromatic N) is 1. The molecule has 31 heavy (non-hydrogen) atoms. The van der Waals surface area contributed by atoms with Gasteiger partial charge in [0, 0.05) is 12.6 Å². The predicted octanol–water partition coefficient (Wildman–Crippen LogP) is 4.24. The standard InChI is InChI=1S/C23H23F3N2O3/c1-13(15-4-6-16(7-5-15)22(30)31)27-21(29)20-11-17-10-19(17)28(20)12-14-2-8-18(9-3-14)23(24,25)26/h2-9,13,17,19-20H,10-12H2,1H3,(H,27,29)(H,30,31)/t13-,17?,19?,20+/m0/s1. The molecule has 2 fully saturated rings. The first-order chi connectivity index (χ1) is 14.6. The van der Waals surface area contributed by atoms with Gasteiger partial charge in [0.05, 0.1) is 23.2 Å². The molecule has 2 aromatic rings. The van der Waals surface area contributed by atoms with Crippen LogP contribution < -0.4 is 5.32 Å². The van der Waals surface area contributed by atoms with Gasteiger partial charge in [0.1, 0.15) is 0 Å². The lowest BCUT2D eigenvalue weighted by Crippen LogP contribution is -2.45. The Labute approximate surface area is 177 Å². The van der Waals surface area contributed by atoms with Crippen molar-refractivity contribution in [3.05, 3.63) is 70.8 Å². The summed E-state index contributed by atoms with van der Waals surface area (Å²) in [4.78, 5) is 26.0. The van der Waals surface area contributed by atoms with Crippen LogP contribution in [0.25, 0.3) is 0 Å². The molecule has 0 bridgehead atoms. The highest BCUT2D eigenvalue weighted by atomic mass is 19.4. The molecule has 1 saturated heterocycles. The third-order valence-electron chi connectivity index (χ3n) is 6.20. The number of hydrogen-bond donors (Lipinski definition) is 2. The highest BCUT2D eigenvalue weighted by Gasteiger charge is 2.53. The largest absolute Gasteiger partial charge is 0.478 e. The number of benzene rings is 2. The average molecular weight is 432 g/mol. The molecule has 2 unspecified atom stereocenters. The van der Waals surface area contributed by atoms with Crippen molar-refractivity contribution in [1.29, 1.82) is 0 Å². The molecule has 0 radical (unpaired) electrons. The predicted molar refractivity (Wildman–Crippen MR) is 107 cm³/mol. The van der Waals surface area contributed by atoms with Gasteiger partial charge in [0.15, 0.2) is 0 Å². The van der Waals surface area contributed by atoms with Crippen molar-refractivity contribution in [2.75, 3.05) is 0 Å². The van der Waals surface area contributed by atoms with Gasteiger partial charge in [-0.2, -0.15) is 13.2 Å². The van der Waals surface area contributed by atoms with Crippen LogP contribution in [-0.2, 0) is 17.5 Å². The van der Waals surface area contributed by atoms with E-state index >= 15 is 0 Å². The molecule has 4 rings (SSSR count). The molecule has 2 N–H and O–H groups in total. The fraction of sp³-hybridized carbons (Fsp3) is 0.391. The summed E-state index contributed by atoms with van der Waals surface area (Å²) in [5, 5.41) is 12.0. The number of carboxylic acids is 1. The number of hydrogen-bond acceptors (Lipinski definition) is 3. The summed E-state index contributed by atoms with van der Waals surface area (Å²) >= 11 is 0. The maximum absolute atomic E-state index is 13.0. The minimum atomic E-state index is -4.37. The summed E-state index contributed by atoms with van der Waals surface area (Å²) in [6.07, 6.45) is -2.62. The van der Waals surface area contributed by atoms with Gasteiger partial charge in [-0.05, 0) is 61.1 Å². The van der Waals surface area contributed by atoms with Crippen LogP contribution >= 0.6 is 0 Å². The first kappa shape index (κ1) is 21.4. The van der Waals surface area contributed by atoms with Gasteiger partial charge >= 0.3 is 12.1 Å². The van der Waals surface area contributed by atoms with Crippen molar-refractivity contribution in [3.8, 4) is 0 Å². The van der Waals surface area contributed by atoms with Gasteiger partial charge in [-0.1, -0.05) is 24.3 Å². The number of alkyl halides is 3. The van der Waals surface area contributed by atoms with E-state index in [0.29, 0.717) is 18.5 Å². The fourth-order valence-electron chi connectivity index (χ4n) is 4.35. The second kappa shape index (κ2) is 8.00. The monoisotopic (exact) mass is 432 g/mol. The molecule has 1 heterocycles. The Morgan fingerprint density at radius 3 is 2.32 bits per heavy atom. The molecule has 0 spiro atoms. The van der Waals surface area contributed by atoms with E-state index in [1.807, 2.05) is 6.92 Å². The number of rotatable bonds is 6. The van der Waals surface area contributed by atoms with Crippen molar-refractivity contribution in [2.24, 2.45) is 5.92 Å². The zero-order chi connectivity index (χ0) is 22.3. The number of piperidine rings is 1. The lowest BCUT2D eigenvalue weighted by atomic mass is 10.0. The summed E-state index contributed by atoms with van der Waals surface area (Å²) in [7, 11) is 0. The zero-order valence-corrected chi connectivity index (χ0v) is 16.9. The number of carboxylic acid groups (broad SMARTS) is 1. The number of aromatic carboxylic acids is 1. The Kier molecular flexibility index (Phi) is 5.51. The molecule has 1 amide bonds. The molecular formula is C23H23F3N2O3. The lowest BCUT2D eigenvalue weighted by molar-refractivity contribution is -0.137. The van der Waals surface area contributed by atoms with Crippen molar-refractivity contribution >= 4 is 11.9 Å². The van der Waals surface area contributed by atoms with Gasteiger partial charge in [0.25, 0.3) is 0 Å². The number of amides is 1. The molecule has 1 aliphatic heterocycles. The maximum atomic E-state index is 13.0. The molecule has 1 aliphatic carbocycles. The summed E-state index contributed by atoms with van der Waals surface area (Å²) in [6.45, 7) is 2.27. The van der Waals surface area contributed by atoms with Crippen LogP contribution in [0.15, 0.2) is 48.5 Å². The van der Waals surface area contributed by atoms with Crippen LogP contribution in [0.3, 0.4) is 0 Å². The van der Waals surface area contributed by atoms with E-state index in [1.165, 1.54) is 24.3 Å². The summed E-state index contributed by atoms with van der Waals surface area (Å²) in [6, 6.07) is 11.1. The van der Waals surface area contributed by atoms with Crippen LogP contribution in [0.1, 0.15) is 52.9 Å². The second-order valence-electron chi connectivity index (χ2n) is 8.34. The van der Waals surface area contributed by atoms with E-state index in [2.05, 4.69) is 10.2 Å². The van der Waals surface area contributed by atoms with Gasteiger partial charge in [-0.25, -0.2) is 4.79 Å². The average Bonchev–Trinajstić information content (AvgIpc) is 3.41. The van der Waals surface area contributed by atoms with Gasteiger partial charge < -0.3 is 10.4 Å². The number of halogens is 3. The van der Waals surface area contributed by atoms with E-state index < -0.39 is 17.7 Å². The molecule has 1 saturated carbocycles. The van der Waals surface area contributed by atoms with Gasteiger partial charge in [-0.15, -0.1) is 0 Å². The SMILES string of the molecule is C[C@H](NC(=O)[C@H]1CC2CC2N1Cc1ccc(C(F)(F)F)cc1)c1ccc(C(=O)O)cc1. The van der Waals surface area contributed by atoms with Crippen molar-refractivity contribution in [3.63, 3.8) is 0 Å². The quantitative estimate of drug-likeness (QED) is 0.716. The van der Waals surface area contributed by atoms with E-state index in [0.717, 1.165) is 36.1 Å². The molecule has 4 atom stereocenters. The number of nitrogens with one attached hydrogen (secondary N) is 1. The van der Waals surface area contributed by atoms with Crippen LogP contribution in [0, 0.1) is 5.92 Å². The highest BCUT2D eigenvalue weighted by molar-refractivity contribution is 5.87. The first-order valence-electron chi connectivity index (χ1n) is 10.2. The second-order valence-corrected chi connectivity index (χ2v) is 8.34. The van der Waals surface area contributed by atoms with E-state index in [4.69, 9.17) is 5.11 Å². The first-order valence-corrected chi connectivity index (χ1v) is 10.2. The summed E-state index contributed by atoms with van der Waals surface area (Å²) < 4.78 is 38.4. The fourth-order valence-corrected chi connectivity index (χ4v) is 4.35. The molecule has 8 heteroatoms. The Balaban J connectivity index is 1.41. The van der Waals surface area contributed by atoms with Crippen LogP contribution in [0.4, 0.5) is 13.2 Å². The Hall–Kier alpha value is -2.87. The lowest BCUT2D eigenvalue weighted by Gasteiger charge is -2.28. The summed E-state index contributed by atoms with van der Waals surface area (Å²) in [5.74, 6) is -0.670. The minimum absolute atomic E-state index is 0.117. The van der Waals surface area contributed by atoms with Crippen molar-refractivity contribution in [1.82, 2.24) is 10.2 Å². The van der Waals surface area contributed by atoms with Crippen molar-refractivity contribution in [2.45, 2.75) is 50.6 Å². The van der Waals surface area contributed by atoms with Crippen LogP contribution in [0.2, 0.25) is 0 Å². The van der Waals surface area contributed by atoms with Crippen LogP contribution in [0.5, 0.6) is 0 Å². The number of fused-ring (bicyclic) bond motifs is 1. The molecular weight excluding hydrogens is 409 g/mol. The topological polar surface area (TPSA) is 69.6 Å². The molecule has 164 valence electrons. The summed E-state index contributed by atoms with van der Waals surface area (Å²) in [5.41, 5.74) is 1.05. The van der Waals surface area contributed by atoms with Crippen LogP contribution in [-0.4, -0.2) is 34.0 Å². The smallest absolute Gasteiger partial charge is 0.416 e. The Morgan fingerprint density at radius 1 is 1.10 bits per heavy atom. The Morgan fingerprint density at radius 2 is 1.74 bits per heavy atom. The van der Waals surface area contributed by atoms with E-state index in [1.54, 1.807) is 12.1 Å². The van der Waals surface area contributed by atoms with E-state index in [-0.39, 0.29) is 23.6 Å². The maximum Gasteiger partial charge on any atom is 0.416 e. The van der Waals surface area contributed by atoms with Gasteiger partial charge in [0.2, 0.25) is 5.91 Å². The molecule has 0 aromatic heterocycles. The van der Waals surface area contributed by atoms with Gasteiger partial charge in [-0.3, -0.25) is 9.69 Å². The Bertz CT molecular complexity index is 973.